The number of halogens is 7. The lowest BCUT2D eigenvalue weighted by atomic mass is 9.97. The first kappa shape index (κ1) is 16.8. The molecule has 0 radical (unpaired) electrons. The monoisotopic (exact) mass is 338 g/mol. The van der Waals surface area contributed by atoms with Crippen molar-refractivity contribution in [1.82, 2.24) is 0 Å². The van der Waals surface area contributed by atoms with Crippen molar-refractivity contribution < 1.29 is 40.6 Å². The third-order valence-electron chi connectivity index (χ3n) is 2.92. The minimum Gasteiger partial charge on any atom is -0.505 e. The molecule has 0 aliphatic rings. The molecule has 0 fully saturated rings. The zero-order chi connectivity index (χ0) is 17.5. The molecule has 0 saturated heterocycles. The Morgan fingerprint density at radius 3 is 2.04 bits per heavy atom. The van der Waals surface area contributed by atoms with Gasteiger partial charge in [0.2, 0.25) is 0 Å². The van der Waals surface area contributed by atoms with Crippen LogP contribution in [0.5, 0.6) is 5.75 Å². The van der Waals surface area contributed by atoms with Gasteiger partial charge in [0.15, 0.2) is 34.8 Å². The molecular weight excluding hydrogens is 333 g/mol. The summed E-state index contributed by atoms with van der Waals surface area (Å²) in [5.41, 5.74) is -4.30. The van der Waals surface area contributed by atoms with E-state index in [0.717, 1.165) is 0 Å². The molecule has 0 aliphatic heterocycles. The summed E-state index contributed by atoms with van der Waals surface area (Å²) in [5.74, 6) is -10.4. The Morgan fingerprint density at radius 1 is 0.870 bits per heavy atom. The fourth-order valence-corrected chi connectivity index (χ4v) is 1.83. The second-order valence-electron chi connectivity index (χ2n) is 4.40. The van der Waals surface area contributed by atoms with E-state index in [2.05, 4.69) is 0 Å². The molecule has 1 N–H and O–H groups in total. The normalized spacial score (nSPS) is 11.6. The van der Waals surface area contributed by atoms with Gasteiger partial charge in [0.05, 0.1) is 11.1 Å². The van der Waals surface area contributed by atoms with Crippen LogP contribution in [0.25, 0.3) is 0 Å². The molecule has 0 saturated carbocycles. The molecule has 2 aromatic rings. The third-order valence-corrected chi connectivity index (χ3v) is 2.92. The molecule has 23 heavy (non-hydrogen) atoms. The van der Waals surface area contributed by atoms with Gasteiger partial charge in [0, 0.05) is 5.56 Å². The van der Waals surface area contributed by atoms with Gasteiger partial charge in [-0.25, -0.2) is 17.6 Å². The van der Waals surface area contributed by atoms with Gasteiger partial charge < -0.3 is 5.11 Å². The van der Waals surface area contributed by atoms with Crippen molar-refractivity contribution in [3.63, 3.8) is 0 Å². The van der Waals surface area contributed by atoms with E-state index in [0.29, 0.717) is 12.1 Å². The van der Waals surface area contributed by atoms with Crippen LogP contribution in [0.3, 0.4) is 0 Å². The van der Waals surface area contributed by atoms with Crippen LogP contribution in [0.4, 0.5) is 30.7 Å². The molecule has 0 unspecified atom stereocenters. The van der Waals surface area contributed by atoms with E-state index in [1.807, 2.05) is 0 Å². The molecule has 0 amide bonds. The van der Waals surface area contributed by atoms with Gasteiger partial charge in [-0.15, -0.1) is 0 Å². The van der Waals surface area contributed by atoms with Gasteiger partial charge in [0.1, 0.15) is 0 Å². The summed E-state index contributed by atoms with van der Waals surface area (Å²) in [6.45, 7) is 0. The summed E-state index contributed by atoms with van der Waals surface area (Å²) in [7, 11) is 0. The van der Waals surface area contributed by atoms with Gasteiger partial charge in [0.25, 0.3) is 0 Å². The number of ketones is 1. The number of benzene rings is 2. The largest absolute Gasteiger partial charge is 0.505 e. The van der Waals surface area contributed by atoms with Gasteiger partial charge in [-0.05, 0) is 24.3 Å². The van der Waals surface area contributed by atoms with Gasteiger partial charge in [-0.2, -0.15) is 13.2 Å². The highest BCUT2D eigenvalue weighted by Crippen LogP contribution is 2.36. The first-order valence-corrected chi connectivity index (χ1v) is 5.82. The maximum absolute atomic E-state index is 13.5. The number of hydrogen-bond donors (Lipinski definition) is 1. The quantitative estimate of drug-likeness (QED) is 0.506. The highest BCUT2D eigenvalue weighted by molar-refractivity contribution is 6.10. The Morgan fingerprint density at radius 2 is 1.48 bits per heavy atom. The molecule has 2 aromatic carbocycles. The topological polar surface area (TPSA) is 37.3 Å². The molecular formula is C14H5F7O2. The number of carbonyl (C=O) groups excluding carboxylic acids is 1. The van der Waals surface area contributed by atoms with Crippen LogP contribution in [0.1, 0.15) is 21.5 Å². The number of rotatable bonds is 2. The van der Waals surface area contributed by atoms with Crippen LogP contribution in [0.15, 0.2) is 24.3 Å². The number of phenolic OH excluding ortho intramolecular Hbond substituents is 1. The maximum Gasteiger partial charge on any atom is 0.417 e. The first-order valence-electron chi connectivity index (χ1n) is 5.82. The van der Waals surface area contributed by atoms with Crippen LogP contribution in [0, 0.1) is 23.3 Å². The molecule has 2 nitrogen and oxygen atoms in total. The summed E-state index contributed by atoms with van der Waals surface area (Å²) in [5, 5.41) is 9.01. The zero-order valence-corrected chi connectivity index (χ0v) is 10.8. The molecule has 9 heteroatoms. The smallest absolute Gasteiger partial charge is 0.417 e. The number of phenols is 1. The second kappa shape index (κ2) is 5.56. The Labute approximate surface area is 123 Å². The van der Waals surface area contributed by atoms with E-state index in [-0.39, 0.29) is 12.1 Å². The summed E-state index contributed by atoms with van der Waals surface area (Å²) in [4.78, 5) is 12.0. The minimum atomic E-state index is -5.18. The standard InChI is InChI=1S/C14H5F7O2/c15-8-2-1-5(11(17)12(8)18)13(23)6-3-9(16)10(22)4-7(6)14(19,20)21/h1-4,22H. The van der Waals surface area contributed by atoms with Crippen LogP contribution in [-0.4, -0.2) is 10.9 Å². The van der Waals surface area contributed by atoms with Crippen molar-refractivity contribution in [3.8, 4) is 5.75 Å². The highest BCUT2D eigenvalue weighted by Gasteiger charge is 2.37. The molecule has 0 aromatic heterocycles. The fourth-order valence-electron chi connectivity index (χ4n) is 1.83. The summed E-state index contributed by atoms with van der Waals surface area (Å²) >= 11 is 0. The average molecular weight is 338 g/mol. The maximum atomic E-state index is 13.5. The van der Waals surface area contributed by atoms with Crippen molar-refractivity contribution >= 4 is 5.78 Å². The summed E-state index contributed by atoms with van der Waals surface area (Å²) in [6.07, 6.45) is -5.18. The molecule has 2 rings (SSSR count). The number of hydrogen-bond acceptors (Lipinski definition) is 2. The van der Waals surface area contributed by atoms with E-state index in [1.54, 1.807) is 0 Å². The predicted molar refractivity (Wildman–Crippen MR) is 62.8 cm³/mol. The number of alkyl halides is 3. The molecule has 0 spiro atoms. The number of carbonyl (C=O) groups is 1. The van der Waals surface area contributed by atoms with E-state index in [1.165, 1.54) is 0 Å². The highest BCUT2D eigenvalue weighted by atomic mass is 19.4. The van der Waals surface area contributed by atoms with Crippen LogP contribution in [0.2, 0.25) is 0 Å². The summed E-state index contributed by atoms with van der Waals surface area (Å²) < 4.78 is 91.3. The minimum absolute atomic E-state index is 0.0428. The Balaban J connectivity index is 2.69. The van der Waals surface area contributed by atoms with Crippen LogP contribution >= 0.6 is 0 Å². The lowest BCUT2D eigenvalue weighted by molar-refractivity contribution is -0.138. The van der Waals surface area contributed by atoms with Crippen LogP contribution in [-0.2, 0) is 6.18 Å². The van der Waals surface area contributed by atoms with Crippen molar-refractivity contribution in [2.45, 2.75) is 6.18 Å². The first-order chi connectivity index (χ1) is 10.5. The molecule has 0 aliphatic carbocycles. The van der Waals surface area contributed by atoms with Gasteiger partial charge >= 0.3 is 6.18 Å². The van der Waals surface area contributed by atoms with E-state index < -0.39 is 57.7 Å². The lowest BCUT2D eigenvalue weighted by Gasteiger charge is -2.13. The third kappa shape index (κ3) is 2.99. The number of aromatic hydroxyl groups is 1. The van der Waals surface area contributed by atoms with E-state index in [4.69, 9.17) is 5.11 Å². The average Bonchev–Trinajstić information content (AvgIpc) is 2.45. The fraction of sp³-hybridized carbons (Fsp3) is 0.0714. The van der Waals surface area contributed by atoms with Crippen molar-refractivity contribution in [2.75, 3.05) is 0 Å². The zero-order valence-electron chi connectivity index (χ0n) is 10.8. The predicted octanol–water partition coefficient (Wildman–Crippen LogP) is 4.20. The van der Waals surface area contributed by atoms with Crippen LogP contribution < -0.4 is 0 Å². The van der Waals surface area contributed by atoms with E-state index >= 15 is 0 Å². The molecule has 0 atom stereocenters. The Bertz CT molecular complexity index is 797. The Kier molecular flexibility index (Phi) is 4.06. The Hall–Kier alpha value is -2.58. The molecule has 122 valence electrons. The summed E-state index contributed by atoms with van der Waals surface area (Å²) in [6, 6.07) is 0.762. The molecule has 0 heterocycles. The SMILES string of the molecule is O=C(c1cc(F)c(O)cc1C(F)(F)F)c1ccc(F)c(F)c1F. The van der Waals surface area contributed by atoms with Crippen molar-refractivity contribution in [3.05, 3.63) is 64.2 Å². The van der Waals surface area contributed by atoms with Crippen molar-refractivity contribution in [1.29, 1.82) is 0 Å². The van der Waals surface area contributed by atoms with E-state index in [9.17, 15) is 35.5 Å². The lowest BCUT2D eigenvalue weighted by Crippen LogP contribution is -2.16. The van der Waals surface area contributed by atoms with Gasteiger partial charge in [-0.1, -0.05) is 0 Å². The van der Waals surface area contributed by atoms with Gasteiger partial charge in [-0.3, -0.25) is 4.79 Å². The molecule has 0 bridgehead atoms. The van der Waals surface area contributed by atoms with Crippen molar-refractivity contribution in [2.24, 2.45) is 0 Å². The second-order valence-corrected chi connectivity index (χ2v) is 4.40.